The zero-order valence-corrected chi connectivity index (χ0v) is 50.9. The second-order valence-corrected chi connectivity index (χ2v) is 25.8. The van der Waals surface area contributed by atoms with Crippen LogP contribution >= 0.6 is 0 Å². The summed E-state index contributed by atoms with van der Waals surface area (Å²) in [5, 5.41) is 0.843. The molecule has 0 saturated carbocycles. The fourth-order valence-electron chi connectivity index (χ4n) is 14.0. The molecule has 0 amide bonds. The largest absolute Gasteiger partial charge is 0.456 e. The van der Waals surface area contributed by atoms with E-state index in [0.29, 0.717) is 56.1 Å². The van der Waals surface area contributed by atoms with E-state index in [2.05, 4.69) is 90.1 Å². The second-order valence-electron chi connectivity index (χ2n) is 25.8. The van der Waals surface area contributed by atoms with Gasteiger partial charge in [0.1, 0.15) is 11.2 Å². The number of aromatic nitrogens is 2. The highest BCUT2D eigenvalue weighted by Gasteiger charge is 2.45. The lowest BCUT2D eigenvalue weighted by Gasteiger charge is -2.45. The molecule has 0 aliphatic carbocycles. The molecule has 2 aliphatic rings. The number of hydrogen-bond acceptors (Lipinski definition) is 3. The van der Waals surface area contributed by atoms with Gasteiger partial charge in [0, 0.05) is 77.6 Å². The summed E-state index contributed by atoms with van der Waals surface area (Å²) < 4.78 is 192. The van der Waals surface area contributed by atoms with E-state index < -0.39 is 103 Å². The Hall–Kier alpha value is -11.1. The summed E-state index contributed by atoms with van der Waals surface area (Å²) in [6, 6.07) is 43.7. The molecule has 0 radical (unpaired) electrons. The molecule has 6 heteroatoms. The normalized spacial score (nSPS) is 15.9. The summed E-state index contributed by atoms with van der Waals surface area (Å²) in [6.45, 7) is 11.6. The summed E-state index contributed by atoms with van der Waals surface area (Å²) in [5.74, 6) is 0. The predicted octanol–water partition coefficient (Wildman–Crippen LogP) is 21.5. The quantitative estimate of drug-likeness (QED) is 0.149. The van der Waals surface area contributed by atoms with Crippen LogP contribution in [-0.2, 0) is 10.8 Å². The number of hydrogen-bond donors (Lipinski definition) is 0. The maximum absolute atomic E-state index is 11.4. The van der Waals surface area contributed by atoms with Crippen LogP contribution in [0, 0.1) is 0 Å². The van der Waals surface area contributed by atoms with Crippen molar-refractivity contribution in [1.29, 1.82) is 0 Å². The third kappa shape index (κ3) is 8.26. The van der Waals surface area contributed by atoms with Crippen molar-refractivity contribution >= 4 is 123 Å². The Bertz CT molecular complexity index is 6720. The van der Waals surface area contributed by atoms with E-state index in [0.717, 1.165) is 38.6 Å². The van der Waals surface area contributed by atoms with Crippen molar-refractivity contribution < 1.29 is 30.5 Å². The standard InChI is InChI=1S/C86H65BN4O/c1-85(2,3)58-40-35-54(36-41-58)62-21-7-14-28-72(62)90-78-52-60(88-74-30-16-9-23-64(74)65-24-10-17-31-75(65)88)44-46-70(78)87-71-47-45-61(89-76-32-18-11-25-66(76)67-26-12-19-33-77(67)89)53-79(71)91(73-29-15-8-22-63(73)55-37-42-59(43-38-55)86(4,5)6)81-51-57(50-80(90)84(81)87)56-39-48-83-69(49-56)68-27-13-20-34-82(68)92-83/h7-53H,1-6H3/i9D,10D,11D,12D,16D,17D,18D,19D,23D,24D,25D,26D,30D,31D,32D,33D,46D,47D,52D. The first kappa shape index (κ1) is 37.8. The number of para-hydroxylation sites is 7. The molecule has 2 aliphatic heterocycles. The lowest BCUT2D eigenvalue weighted by Crippen LogP contribution is -2.61. The minimum absolute atomic E-state index is 0.0569. The van der Waals surface area contributed by atoms with Crippen LogP contribution in [0.25, 0.3) is 110 Å². The summed E-state index contributed by atoms with van der Waals surface area (Å²) in [5.41, 5.74) is 9.59. The molecule has 0 saturated heterocycles. The van der Waals surface area contributed by atoms with Gasteiger partial charge in [-0.2, -0.15) is 0 Å². The Morgan fingerprint density at radius 2 is 0.772 bits per heavy atom. The van der Waals surface area contributed by atoms with E-state index in [1.807, 2.05) is 113 Å². The smallest absolute Gasteiger partial charge is 0.252 e. The predicted molar refractivity (Wildman–Crippen MR) is 390 cm³/mol. The first-order valence-electron chi connectivity index (χ1n) is 40.2. The second kappa shape index (κ2) is 20.2. The Kier molecular flexibility index (Phi) is 8.31. The number of rotatable bonds is 7. The van der Waals surface area contributed by atoms with Gasteiger partial charge in [0.2, 0.25) is 0 Å². The molecule has 18 rings (SSSR count). The van der Waals surface area contributed by atoms with E-state index in [4.69, 9.17) is 12.6 Å². The van der Waals surface area contributed by atoms with Gasteiger partial charge in [-0.15, -0.1) is 0 Å². The number of benzene rings is 13. The van der Waals surface area contributed by atoms with Gasteiger partial charge in [-0.05, 0) is 151 Å². The summed E-state index contributed by atoms with van der Waals surface area (Å²) in [4.78, 5) is 3.98. The summed E-state index contributed by atoms with van der Waals surface area (Å²) in [6.07, 6.45) is 0. The maximum Gasteiger partial charge on any atom is 0.252 e. The van der Waals surface area contributed by atoms with E-state index in [1.165, 1.54) is 21.3 Å². The fraction of sp³-hybridized carbons (Fsp3) is 0.0930. The molecular formula is C86H65BN4O. The minimum Gasteiger partial charge on any atom is -0.456 e. The van der Waals surface area contributed by atoms with Gasteiger partial charge in [0.25, 0.3) is 6.71 Å². The molecule has 0 bridgehead atoms. The topological polar surface area (TPSA) is 29.5 Å². The van der Waals surface area contributed by atoms with Crippen LogP contribution in [0.1, 0.15) is 78.7 Å². The molecular weight excluding hydrogens is 1120 g/mol. The number of fused-ring (bicyclic) bond motifs is 13. The van der Waals surface area contributed by atoms with Crippen LogP contribution in [0.5, 0.6) is 0 Å². The summed E-state index contributed by atoms with van der Waals surface area (Å²) in [7, 11) is 0. The highest BCUT2D eigenvalue weighted by Crippen LogP contribution is 2.51. The molecule has 5 nitrogen and oxygen atoms in total. The van der Waals surface area contributed by atoms with E-state index in [-0.39, 0.29) is 106 Å². The van der Waals surface area contributed by atoms with Gasteiger partial charge in [0.05, 0.1) is 59.5 Å². The Labute approximate surface area is 563 Å². The van der Waals surface area contributed by atoms with Crippen LogP contribution in [0.2, 0.25) is 0 Å². The Morgan fingerprint density at radius 1 is 0.337 bits per heavy atom. The van der Waals surface area contributed by atoms with Crippen molar-refractivity contribution in [1.82, 2.24) is 9.13 Å². The van der Waals surface area contributed by atoms with Crippen LogP contribution in [-0.4, -0.2) is 15.8 Å². The van der Waals surface area contributed by atoms with E-state index in [1.54, 1.807) is 6.07 Å². The number of nitrogens with zero attached hydrogens (tertiary/aromatic N) is 4. The van der Waals surface area contributed by atoms with Crippen molar-refractivity contribution in [3.05, 3.63) is 296 Å². The van der Waals surface area contributed by atoms with Crippen LogP contribution < -0.4 is 26.2 Å². The molecule has 438 valence electrons. The van der Waals surface area contributed by atoms with Gasteiger partial charge in [-0.1, -0.05) is 235 Å². The molecule has 0 spiro atoms. The summed E-state index contributed by atoms with van der Waals surface area (Å²) >= 11 is 0. The Morgan fingerprint density at radius 3 is 1.30 bits per heavy atom. The van der Waals surface area contributed by atoms with Gasteiger partial charge in [0.15, 0.2) is 0 Å². The van der Waals surface area contributed by atoms with Crippen molar-refractivity contribution in [2.75, 3.05) is 9.80 Å². The average molecular weight is 1200 g/mol. The highest BCUT2D eigenvalue weighted by molar-refractivity contribution is 7.00. The molecule has 16 aromatic rings. The van der Waals surface area contributed by atoms with Gasteiger partial charge >= 0.3 is 0 Å². The Balaban J connectivity index is 1.05. The van der Waals surface area contributed by atoms with Crippen molar-refractivity contribution in [3.63, 3.8) is 0 Å². The number of furan rings is 1. The van der Waals surface area contributed by atoms with Gasteiger partial charge < -0.3 is 23.4 Å². The van der Waals surface area contributed by atoms with Crippen molar-refractivity contribution in [2.24, 2.45) is 0 Å². The first-order chi connectivity index (χ1) is 52.8. The van der Waals surface area contributed by atoms with Crippen LogP contribution in [0.3, 0.4) is 0 Å². The van der Waals surface area contributed by atoms with Crippen molar-refractivity contribution in [3.8, 4) is 44.8 Å². The van der Waals surface area contributed by atoms with E-state index >= 15 is 0 Å². The zero-order chi connectivity index (χ0) is 78.3. The number of anilines is 6. The molecule has 13 aromatic carbocycles. The van der Waals surface area contributed by atoms with Gasteiger partial charge in [-0.3, -0.25) is 0 Å². The molecule has 92 heavy (non-hydrogen) atoms. The van der Waals surface area contributed by atoms with E-state index in [9.17, 15) is 17.8 Å². The van der Waals surface area contributed by atoms with Crippen LogP contribution in [0.15, 0.2) is 289 Å². The SMILES string of the molecule is [2H]c1cc(-n2c3c([2H])c([2H])c([2H])c([2H])c3c3c([2H])c([2H])c([2H])c([2H])c32)cc2c1B1c3c(cc(-c4ccc5oc6ccccc6c5c4)cc3N(c3ccccc3-c3ccc(C(C)(C)C)cc3)c3c([2H])c(-n4c5c([2H])c([2H])c([2H])c([2H])c5c5c([2H])c([2H])c([2H])c([2H])c54)cc([2H])c31)N2c1ccccc1-c1ccc(C(C)(C)C)cc1. The average Bonchev–Trinajstić information content (AvgIpc) is 1.63. The van der Waals surface area contributed by atoms with Crippen molar-refractivity contribution in [2.45, 2.75) is 52.4 Å². The fourth-order valence-corrected chi connectivity index (χ4v) is 14.0. The monoisotopic (exact) mass is 1200 g/mol. The molecule has 0 fully saturated rings. The lowest BCUT2D eigenvalue weighted by molar-refractivity contribution is 0.590. The molecule has 0 N–H and O–H groups in total. The lowest BCUT2D eigenvalue weighted by atomic mass is 9.33. The first-order valence-corrected chi connectivity index (χ1v) is 30.7. The maximum atomic E-state index is 11.4. The minimum atomic E-state index is -1.23. The molecule has 0 atom stereocenters. The third-order valence-electron chi connectivity index (χ3n) is 18.4. The molecule has 0 unspecified atom stereocenters. The van der Waals surface area contributed by atoms with Gasteiger partial charge in [-0.25, -0.2) is 0 Å². The third-order valence-corrected chi connectivity index (χ3v) is 18.4. The molecule has 3 aromatic heterocycles. The van der Waals surface area contributed by atoms with Crippen LogP contribution in [0.4, 0.5) is 34.1 Å². The highest BCUT2D eigenvalue weighted by atomic mass is 16.3. The molecule has 5 heterocycles. The zero-order valence-electron chi connectivity index (χ0n) is 69.9.